The van der Waals surface area contributed by atoms with E-state index < -0.39 is 10.0 Å². The van der Waals surface area contributed by atoms with Crippen LogP contribution in [-0.4, -0.2) is 44.9 Å². The van der Waals surface area contributed by atoms with Gasteiger partial charge in [0.25, 0.3) is 5.91 Å². The molecule has 26 heavy (non-hydrogen) atoms. The number of carbonyl (C=O) groups excluding carboxylic acids is 1. The lowest BCUT2D eigenvalue weighted by atomic mass is 10.1. The van der Waals surface area contributed by atoms with Crippen molar-refractivity contribution >= 4 is 15.9 Å². The fraction of sp³-hybridized carbons (Fsp3) is 0.316. The van der Waals surface area contributed by atoms with Crippen LogP contribution in [0.5, 0.6) is 5.75 Å². The van der Waals surface area contributed by atoms with Gasteiger partial charge in [-0.05, 0) is 37.1 Å². The molecule has 1 saturated heterocycles. The normalized spacial score (nSPS) is 16.2. The molecule has 0 radical (unpaired) electrons. The van der Waals surface area contributed by atoms with Gasteiger partial charge in [0, 0.05) is 24.7 Å². The van der Waals surface area contributed by atoms with Gasteiger partial charge in [-0.15, -0.1) is 0 Å². The molecule has 0 aromatic heterocycles. The summed E-state index contributed by atoms with van der Waals surface area (Å²) in [4.78, 5) is 12.4. The molecular weight excluding hydrogens is 352 g/mol. The van der Waals surface area contributed by atoms with Gasteiger partial charge in [0.15, 0.2) is 0 Å². The fourth-order valence-electron chi connectivity index (χ4n) is 3.07. The molecular formula is C19H22N2O4S. The highest BCUT2D eigenvalue weighted by molar-refractivity contribution is 7.89. The molecule has 1 aliphatic rings. The second-order valence-corrected chi connectivity index (χ2v) is 8.08. The van der Waals surface area contributed by atoms with Crippen molar-refractivity contribution in [2.75, 3.05) is 20.2 Å². The third kappa shape index (κ3) is 3.89. The molecule has 1 aliphatic heterocycles. The van der Waals surface area contributed by atoms with E-state index in [1.165, 1.54) is 11.4 Å². The molecule has 2 aromatic carbocycles. The van der Waals surface area contributed by atoms with Crippen molar-refractivity contribution in [3.8, 4) is 5.75 Å². The standard InChI is InChI=1S/C19H22N2O4S/c1-25-17-9-5-6-10-18(17)26(23,24)21-13-11-16(12-14-21)20-19(22)15-7-3-2-4-8-15/h2-10,16H,11-14H2,1H3,(H,20,22). The quantitative estimate of drug-likeness (QED) is 0.871. The maximum absolute atomic E-state index is 12.9. The Morgan fingerprint density at radius 2 is 1.65 bits per heavy atom. The van der Waals surface area contributed by atoms with E-state index in [4.69, 9.17) is 4.74 Å². The number of nitrogens with one attached hydrogen (secondary N) is 1. The van der Waals surface area contributed by atoms with E-state index in [0.29, 0.717) is 37.2 Å². The topological polar surface area (TPSA) is 75.7 Å². The van der Waals surface area contributed by atoms with Crippen LogP contribution in [0.3, 0.4) is 0 Å². The average molecular weight is 374 g/mol. The molecule has 0 atom stereocenters. The van der Waals surface area contributed by atoms with Crippen LogP contribution in [0.1, 0.15) is 23.2 Å². The maximum atomic E-state index is 12.9. The number of benzene rings is 2. The number of methoxy groups -OCH3 is 1. The summed E-state index contributed by atoms with van der Waals surface area (Å²) in [5.74, 6) is 0.212. The van der Waals surface area contributed by atoms with E-state index in [1.54, 1.807) is 36.4 Å². The zero-order valence-corrected chi connectivity index (χ0v) is 15.4. The SMILES string of the molecule is COc1ccccc1S(=O)(=O)N1CCC(NC(=O)c2ccccc2)CC1. The van der Waals surface area contributed by atoms with Gasteiger partial charge in [-0.2, -0.15) is 4.31 Å². The lowest BCUT2D eigenvalue weighted by Gasteiger charge is -2.31. The van der Waals surface area contributed by atoms with Crippen LogP contribution in [0.4, 0.5) is 0 Å². The van der Waals surface area contributed by atoms with E-state index in [9.17, 15) is 13.2 Å². The number of carbonyl (C=O) groups is 1. The van der Waals surface area contributed by atoms with Crippen LogP contribution in [-0.2, 0) is 10.0 Å². The van der Waals surface area contributed by atoms with Gasteiger partial charge in [-0.1, -0.05) is 30.3 Å². The summed E-state index contributed by atoms with van der Waals surface area (Å²) in [5, 5.41) is 2.98. The van der Waals surface area contributed by atoms with Crippen molar-refractivity contribution in [1.29, 1.82) is 0 Å². The van der Waals surface area contributed by atoms with Crippen LogP contribution >= 0.6 is 0 Å². The number of nitrogens with zero attached hydrogens (tertiary/aromatic N) is 1. The molecule has 0 spiro atoms. The van der Waals surface area contributed by atoms with E-state index in [2.05, 4.69) is 5.32 Å². The van der Waals surface area contributed by atoms with Gasteiger partial charge in [0.1, 0.15) is 10.6 Å². The van der Waals surface area contributed by atoms with Gasteiger partial charge in [-0.25, -0.2) is 8.42 Å². The van der Waals surface area contributed by atoms with Crippen LogP contribution in [0.25, 0.3) is 0 Å². The summed E-state index contributed by atoms with van der Waals surface area (Å²) in [6.45, 7) is 0.722. The summed E-state index contributed by atoms with van der Waals surface area (Å²) >= 11 is 0. The monoisotopic (exact) mass is 374 g/mol. The van der Waals surface area contributed by atoms with E-state index in [-0.39, 0.29) is 16.8 Å². The van der Waals surface area contributed by atoms with Gasteiger partial charge in [0.2, 0.25) is 10.0 Å². The summed E-state index contributed by atoms with van der Waals surface area (Å²) in [6, 6.07) is 15.6. The van der Waals surface area contributed by atoms with Gasteiger partial charge in [0.05, 0.1) is 7.11 Å². The Labute approximate surface area is 153 Å². The van der Waals surface area contributed by atoms with Crippen molar-refractivity contribution in [2.24, 2.45) is 0 Å². The first-order chi connectivity index (χ1) is 12.5. The summed E-state index contributed by atoms with van der Waals surface area (Å²) < 4.78 is 32.4. The first-order valence-electron chi connectivity index (χ1n) is 8.51. The van der Waals surface area contributed by atoms with Crippen LogP contribution in [0, 0.1) is 0 Å². The Morgan fingerprint density at radius 3 is 2.31 bits per heavy atom. The number of sulfonamides is 1. The van der Waals surface area contributed by atoms with Crippen molar-refractivity contribution in [3.05, 3.63) is 60.2 Å². The number of hydrogen-bond donors (Lipinski definition) is 1. The number of hydrogen-bond acceptors (Lipinski definition) is 4. The second-order valence-electron chi connectivity index (χ2n) is 6.17. The summed E-state index contributed by atoms with van der Waals surface area (Å²) in [5.41, 5.74) is 0.608. The Balaban J connectivity index is 1.64. The Morgan fingerprint density at radius 1 is 1.04 bits per heavy atom. The lowest BCUT2D eigenvalue weighted by molar-refractivity contribution is 0.0924. The highest BCUT2D eigenvalue weighted by Gasteiger charge is 2.31. The maximum Gasteiger partial charge on any atom is 0.251 e. The predicted octanol–water partition coefficient (Wildman–Crippen LogP) is 2.28. The summed E-state index contributed by atoms with van der Waals surface area (Å²) in [6.07, 6.45) is 1.15. The molecule has 7 heteroatoms. The van der Waals surface area contributed by atoms with Crippen molar-refractivity contribution in [3.63, 3.8) is 0 Å². The molecule has 2 aromatic rings. The number of para-hydroxylation sites is 1. The number of piperidine rings is 1. The molecule has 0 unspecified atom stereocenters. The molecule has 0 saturated carbocycles. The Kier molecular flexibility index (Phi) is 5.58. The minimum absolute atomic E-state index is 0.0353. The van der Waals surface area contributed by atoms with Crippen LogP contribution < -0.4 is 10.1 Å². The molecule has 1 amide bonds. The number of rotatable bonds is 5. The molecule has 1 fully saturated rings. The van der Waals surface area contributed by atoms with Crippen LogP contribution in [0.2, 0.25) is 0 Å². The van der Waals surface area contributed by atoms with Crippen molar-refractivity contribution in [1.82, 2.24) is 9.62 Å². The summed E-state index contributed by atoms with van der Waals surface area (Å²) in [7, 11) is -2.16. The molecule has 1 heterocycles. The molecule has 1 N–H and O–H groups in total. The van der Waals surface area contributed by atoms with E-state index >= 15 is 0 Å². The van der Waals surface area contributed by atoms with Crippen molar-refractivity contribution in [2.45, 2.75) is 23.8 Å². The molecule has 138 valence electrons. The molecule has 3 rings (SSSR count). The third-order valence-corrected chi connectivity index (χ3v) is 6.45. The highest BCUT2D eigenvalue weighted by Crippen LogP contribution is 2.28. The fourth-order valence-corrected chi connectivity index (χ4v) is 4.70. The lowest BCUT2D eigenvalue weighted by Crippen LogP contribution is -2.46. The van der Waals surface area contributed by atoms with E-state index in [1.807, 2.05) is 18.2 Å². The third-order valence-electron chi connectivity index (χ3n) is 4.51. The molecule has 6 nitrogen and oxygen atoms in total. The number of ether oxygens (including phenoxy) is 1. The Hall–Kier alpha value is -2.38. The minimum Gasteiger partial charge on any atom is -0.495 e. The smallest absolute Gasteiger partial charge is 0.251 e. The van der Waals surface area contributed by atoms with Crippen LogP contribution in [0.15, 0.2) is 59.5 Å². The van der Waals surface area contributed by atoms with E-state index in [0.717, 1.165) is 0 Å². The van der Waals surface area contributed by atoms with Gasteiger partial charge < -0.3 is 10.1 Å². The largest absolute Gasteiger partial charge is 0.495 e. The van der Waals surface area contributed by atoms with Gasteiger partial charge >= 0.3 is 0 Å². The first-order valence-corrected chi connectivity index (χ1v) is 9.95. The Bertz CT molecular complexity index is 860. The predicted molar refractivity (Wildman–Crippen MR) is 98.7 cm³/mol. The molecule has 0 bridgehead atoms. The second kappa shape index (κ2) is 7.88. The molecule has 0 aliphatic carbocycles. The zero-order chi connectivity index (χ0) is 18.6. The zero-order valence-electron chi connectivity index (χ0n) is 14.6. The minimum atomic E-state index is -3.61. The first kappa shape index (κ1) is 18.4. The number of amides is 1. The van der Waals surface area contributed by atoms with Gasteiger partial charge in [-0.3, -0.25) is 4.79 Å². The van der Waals surface area contributed by atoms with Crippen molar-refractivity contribution < 1.29 is 17.9 Å². The average Bonchev–Trinajstić information content (AvgIpc) is 2.69. The highest BCUT2D eigenvalue weighted by atomic mass is 32.2.